The minimum absolute atomic E-state index is 0.231. The number of pyridine rings is 1. The molecule has 7 heteroatoms. The molecular weight excluding hydrogens is 478 g/mol. The Morgan fingerprint density at radius 1 is 1.03 bits per heavy atom. The van der Waals surface area contributed by atoms with Crippen molar-refractivity contribution in [3.63, 3.8) is 0 Å². The number of H-pyrrole nitrogens is 1. The number of aromatic amines is 1. The van der Waals surface area contributed by atoms with Gasteiger partial charge in [0.1, 0.15) is 12.2 Å². The van der Waals surface area contributed by atoms with Crippen LogP contribution in [-0.4, -0.2) is 50.9 Å². The lowest BCUT2D eigenvalue weighted by Crippen LogP contribution is -2.29. The standard InChI is InChI=1S/C31H33N3O4/c1-31(2,3)38-30(37)34-27-12-10-22(20-33-13-5-4-6-14-33)17-24(27)19-28(34)25-18-23-16-21(8-7-15-35)9-11-26(23)32-29(25)36/h9-12,16-19,35H,4-6,13-15,20H2,1-3H3,(H,32,36). The minimum Gasteiger partial charge on any atom is -0.443 e. The van der Waals surface area contributed by atoms with E-state index in [0.717, 1.165) is 36.0 Å². The van der Waals surface area contributed by atoms with Crippen LogP contribution in [0.3, 0.4) is 0 Å². The number of hydrogen-bond acceptors (Lipinski definition) is 5. The average molecular weight is 512 g/mol. The molecule has 0 spiro atoms. The van der Waals surface area contributed by atoms with Crippen molar-refractivity contribution in [2.75, 3.05) is 19.7 Å². The Balaban J connectivity index is 1.64. The molecule has 2 aromatic heterocycles. The van der Waals surface area contributed by atoms with E-state index in [0.29, 0.717) is 22.3 Å². The zero-order valence-electron chi connectivity index (χ0n) is 22.1. The summed E-state index contributed by atoms with van der Waals surface area (Å²) in [4.78, 5) is 32.1. The van der Waals surface area contributed by atoms with E-state index < -0.39 is 11.7 Å². The van der Waals surface area contributed by atoms with Crippen molar-refractivity contribution < 1.29 is 14.6 Å². The highest BCUT2D eigenvalue weighted by Gasteiger charge is 2.24. The van der Waals surface area contributed by atoms with Crippen molar-refractivity contribution in [1.82, 2.24) is 14.5 Å². The Morgan fingerprint density at radius 3 is 2.55 bits per heavy atom. The number of piperidine rings is 1. The molecule has 1 aliphatic heterocycles. The largest absolute Gasteiger partial charge is 0.443 e. The van der Waals surface area contributed by atoms with Crippen LogP contribution in [0, 0.1) is 11.8 Å². The Bertz CT molecular complexity index is 1620. The fourth-order valence-corrected chi connectivity index (χ4v) is 5.06. The van der Waals surface area contributed by atoms with Gasteiger partial charge < -0.3 is 14.8 Å². The molecular formula is C31H33N3O4. The van der Waals surface area contributed by atoms with Gasteiger partial charge in [0.05, 0.1) is 16.8 Å². The fourth-order valence-electron chi connectivity index (χ4n) is 5.06. The van der Waals surface area contributed by atoms with Crippen molar-refractivity contribution in [3.8, 4) is 23.1 Å². The number of carbonyl (C=O) groups excluding carboxylic acids is 1. The third-order valence-electron chi connectivity index (χ3n) is 6.73. The summed E-state index contributed by atoms with van der Waals surface area (Å²) in [7, 11) is 0. The van der Waals surface area contributed by atoms with Crippen LogP contribution in [0.25, 0.3) is 33.1 Å². The summed E-state index contributed by atoms with van der Waals surface area (Å²) in [6, 6.07) is 15.2. The van der Waals surface area contributed by atoms with Crippen LogP contribution in [0.1, 0.15) is 51.2 Å². The highest BCUT2D eigenvalue weighted by atomic mass is 16.6. The number of likely N-dealkylation sites (tertiary alicyclic amines) is 1. The number of nitrogens with zero attached hydrogens (tertiary/aromatic N) is 2. The molecule has 1 fully saturated rings. The molecule has 5 rings (SSSR count). The number of aromatic nitrogens is 2. The van der Waals surface area contributed by atoms with Crippen LogP contribution in [0.2, 0.25) is 0 Å². The van der Waals surface area contributed by atoms with Gasteiger partial charge in [-0.3, -0.25) is 9.69 Å². The molecule has 4 aromatic rings. The molecule has 1 saturated heterocycles. The second-order valence-electron chi connectivity index (χ2n) is 10.8. The average Bonchev–Trinajstić information content (AvgIpc) is 3.25. The van der Waals surface area contributed by atoms with Gasteiger partial charge in [-0.15, -0.1) is 0 Å². The monoisotopic (exact) mass is 511 g/mol. The lowest BCUT2D eigenvalue weighted by atomic mass is 10.1. The molecule has 1 aliphatic rings. The van der Waals surface area contributed by atoms with E-state index in [9.17, 15) is 9.59 Å². The quantitative estimate of drug-likeness (QED) is 0.366. The minimum atomic E-state index is -0.699. The first-order valence-corrected chi connectivity index (χ1v) is 13.1. The molecule has 2 N–H and O–H groups in total. The Labute approximate surface area is 222 Å². The molecule has 0 saturated carbocycles. The predicted octanol–water partition coefficient (Wildman–Crippen LogP) is 5.26. The Kier molecular flexibility index (Phi) is 7.11. The summed E-state index contributed by atoms with van der Waals surface area (Å²) >= 11 is 0. The van der Waals surface area contributed by atoms with Crippen LogP contribution in [-0.2, 0) is 11.3 Å². The van der Waals surface area contributed by atoms with Crippen LogP contribution >= 0.6 is 0 Å². The van der Waals surface area contributed by atoms with E-state index in [1.54, 1.807) is 18.2 Å². The van der Waals surface area contributed by atoms with Crippen molar-refractivity contribution in [3.05, 3.63) is 70.0 Å². The Hall–Kier alpha value is -3.86. The summed E-state index contributed by atoms with van der Waals surface area (Å²) in [6.45, 7) is 8.29. The van der Waals surface area contributed by atoms with Gasteiger partial charge in [-0.1, -0.05) is 24.3 Å². The van der Waals surface area contributed by atoms with Gasteiger partial charge in [0, 0.05) is 28.4 Å². The van der Waals surface area contributed by atoms with Gasteiger partial charge in [0.2, 0.25) is 0 Å². The van der Waals surface area contributed by atoms with E-state index in [1.165, 1.54) is 29.4 Å². The van der Waals surface area contributed by atoms with Crippen LogP contribution in [0.15, 0.2) is 53.3 Å². The van der Waals surface area contributed by atoms with E-state index >= 15 is 0 Å². The van der Waals surface area contributed by atoms with Crippen molar-refractivity contribution >= 4 is 27.9 Å². The lowest BCUT2D eigenvalue weighted by molar-refractivity contribution is 0.0547. The predicted molar refractivity (Wildman–Crippen MR) is 150 cm³/mol. The third-order valence-corrected chi connectivity index (χ3v) is 6.73. The zero-order valence-corrected chi connectivity index (χ0v) is 22.1. The van der Waals surface area contributed by atoms with Crippen molar-refractivity contribution in [2.45, 2.75) is 52.2 Å². The molecule has 0 aliphatic carbocycles. The summed E-state index contributed by atoms with van der Waals surface area (Å²) in [5, 5.41) is 10.7. The highest BCUT2D eigenvalue weighted by Crippen LogP contribution is 2.30. The van der Waals surface area contributed by atoms with E-state index in [-0.39, 0.29) is 12.2 Å². The van der Waals surface area contributed by atoms with E-state index in [1.807, 2.05) is 39.0 Å². The van der Waals surface area contributed by atoms with Gasteiger partial charge in [-0.25, -0.2) is 9.36 Å². The number of ether oxygens (including phenoxy) is 1. The molecule has 0 bridgehead atoms. The van der Waals surface area contributed by atoms with E-state index in [4.69, 9.17) is 9.84 Å². The highest BCUT2D eigenvalue weighted by molar-refractivity contribution is 5.97. The number of fused-ring (bicyclic) bond motifs is 2. The normalized spacial score (nSPS) is 14.4. The number of aliphatic hydroxyl groups excluding tert-OH is 1. The summed E-state index contributed by atoms with van der Waals surface area (Å²) in [5.41, 5.74) is 3.09. The molecule has 0 atom stereocenters. The zero-order chi connectivity index (χ0) is 26.9. The maximum absolute atomic E-state index is 13.5. The van der Waals surface area contributed by atoms with Crippen molar-refractivity contribution in [1.29, 1.82) is 0 Å². The second-order valence-corrected chi connectivity index (χ2v) is 10.8. The van der Waals surface area contributed by atoms with Gasteiger partial charge in [0.15, 0.2) is 0 Å². The van der Waals surface area contributed by atoms with Gasteiger partial charge >= 0.3 is 6.09 Å². The lowest BCUT2D eigenvalue weighted by Gasteiger charge is -2.26. The molecule has 38 heavy (non-hydrogen) atoms. The SMILES string of the molecule is CC(C)(C)OC(=O)n1c(-c2cc3cc(C#CCO)ccc3[nH]c2=O)cc2cc(CN3CCCCC3)ccc21. The first kappa shape index (κ1) is 25.8. The molecule has 196 valence electrons. The molecule has 0 unspecified atom stereocenters. The Morgan fingerprint density at radius 2 is 1.82 bits per heavy atom. The maximum Gasteiger partial charge on any atom is 0.419 e. The molecule has 7 nitrogen and oxygen atoms in total. The topological polar surface area (TPSA) is 87.6 Å². The van der Waals surface area contributed by atoms with Crippen molar-refractivity contribution in [2.24, 2.45) is 0 Å². The molecule has 3 heterocycles. The van der Waals surface area contributed by atoms with Crippen LogP contribution < -0.4 is 5.56 Å². The van der Waals surface area contributed by atoms with E-state index in [2.05, 4.69) is 33.9 Å². The first-order chi connectivity index (χ1) is 18.2. The van der Waals surface area contributed by atoms with Gasteiger partial charge in [0.25, 0.3) is 5.56 Å². The fraction of sp³-hybridized carbons (Fsp3) is 0.355. The number of hydrogen-bond donors (Lipinski definition) is 2. The third kappa shape index (κ3) is 5.52. The maximum atomic E-state index is 13.5. The van der Waals surface area contributed by atoms with Gasteiger partial charge in [-0.2, -0.15) is 0 Å². The van der Waals surface area contributed by atoms with Crippen LogP contribution in [0.5, 0.6) is 0 Å². The first-order valence-electron chi connectivity index (χ1n) is 13.1. The number of rotatable bonds is 3. The number of carbonyl (C=O) groups is 1. The molecule has 2 aromatic carbocycles. The summed E-state index contributed by atoms with van der Waals surface area (Å²) in [6.07, 6.45) is 3.19. The van der Waals surface area contributed by atoms with Crippen LogP contribution in [0.4, 0.5) is 4.79 Å². The smallest absolute Gasteiger partial charge is 0.419 e. The summed E-state index contributed by atoms with van der Waals surface area (Å²) in [5.74, 6) is 5.55. The molecule has 0 radical (unpaired) electrons. The number of aliphatic hydroxyl groups is 1. The molecule has 0 amide bonds. The number of benzene rings is 2. The second kappa shape index (κ2) is 10.5. The number of nitrogens with one attached hydrogen (secondary N) is 1. The van der Waals surface area contributed by atoms with Gasteiger partial charge in [-0.05, 0) is 94.7 Å². The summed E-state index contributed by atoms with van der Waals surface area (Å²) < 4.78 is 7.25.